The third-order valence-electron chi connectivity index (χ3n) is 2.11. The van der Waals surface area contributed by atoms with Gasteiger partial charge in [0.05, 0.1) is 6.42 Å². The second kappa shape index (κ2) is 6.59. The number of aliphatic hydroxyl groups excluding tert-OH is 1. The van der Waals surface area contributed by atoms with E-state index in [1.54, 1.807) is 24.5 Å². The summed E-state index contributed by atoms with van der Waals surface area (Å²) < 4.78 is 0. The molecule has 1 aromatic heterocycles. The molecule has 0 aliphatic heterocycles. The molecule has 0 fully saturated rings. The van der Waals surface area contributed by atoms with Crippen molar-refractivity contribution in [2.45, 2.75) is 18.9 Å². The molecule has 0 aliphatic rings. The topological polar surface area (TPSA) is 99.5 Å². The van der Waals surface area contributed by atoms with Crippen LogP contribution in [0.4, 0.5) is 0 Å². The molecule has 0 spiro atoms. The average Bonchev–Trinajstić information content (AvgIpc) is 2.30. The number of carboxylic acids is 1. The predicted octanol–water partition coefficient (Wildman–Crippen LogP) is -0.424. The van der Waals surface area contributed by atoms with Crippen molar-refractivity contribution in [2.75, 3.05) is 6.54 Å². The minimum atomic E-state index is -1.44. The fourth-order valence-electron chi connectivity index (χ4n) is 1.22. The average molecular weight is 238 g/mol. The van der Waals surface area contributed by atoms with Crippen LogP contribution in [0.25, 0.3) is 0 Å². The van der Waals surface area contributed by atoms with Gasteiger partial charge in [-0.1, -0.05) is 6.07 Å². The fraction of sp³-hybridized carbons (Fsp3) is 0.364. The molecular weight excluding hydrogens is 224 g/mol. The van der Waals surface area contributed by atoms with E-state index >= 15 is 0 Å². The lowest BCUT2D eigenvalue weighted by molar-refractivity contribution is -0.147. The van der Waals surface area contributed by atoms with Gasteiger partial charge in [-0.25, -0.2) is 4.79 Å². The number of carbonyl (C=O) groups excluding carboxylic acids is 1. The Bertz CT molecular complexity index is 380. The number of aliphatic hydroxyl groups is 1. The third kappa shape index (κ3) is 5.07. The molecule has 0 saturated carbocycles. The Labute approximate surface area is 98.3 Å². The minimum Gasteiger partial charge on any atom is -0.479 e. The standard InChI is InChI=1S/C11H14N2O4/c14-9(11(16)17)3-5-13-10(15)6-8-2-1-4-12-7-8/h1-2,4,7,9,14H,3,5-6H2,(H,13,15)(H,16,17)/t9-/m0/s1. The van der Waals surface area contributed by atoms with Crippen molar-refractivity contribution in [1.82, 2.24) is 10.3 Å². The van der Waals surface area contributed by atoms with Crippen LogP contribution in [-0.4, -0.2) is 39.7 Å². The molecule has 92 valence electrons. The lowest BCUT2D eigenvalue weighted by Crippen LogP contribution is -2.30. The number of nitrogens with one attached hydrogen (secondary N) is 1. The van der Waals surface area contributed by atoms with Crippen molar-refractivity contribution in [3.05, 3.63) is 30.1 Å². The summed E-state index contributed by atoms with van der Waals surface area (Å²) in [5.74, 6) is -1.51. The highest BCUT2D eigenvalue weighted by atomic mass is 16.4. The maximum Gasteiger partial charge on any atom is 0.332 e. The Hall–Kier alpha value is -1.95. The molecule has 0 bridgehead atoms. The van der Waals surface area contributed by atoms with Gasteiger partial charge in [-0.05, 0) is 11.6 Å². The van der Waals surface area contributed by atoms with Gasteiger partial charge < -0.3 is 15.5 Å². The molecule has 0 saturated heterocycles. The van der Waals surface area contributed by atoms with Crippen LogP contribution in [0.15, 0.2) is 24.5 Å². The van der Waals surface area contributed by atoms with Gasteiger partial charge >= 0.3 is 5.97 Å². The number of aliphatic carboxylic acids is 1. The monoisotopic (exact) mass is 238 g/mol. The molecule has 1 atom stereocenters. The number of aromatic nitrogens is 1. The first-order valence-electron chi connectivity index (χ1n) is 5.16. The second-order valence-corrected chi connectivity index (χ2v) is 3.53. The Kier molecular flexibility index (Phi) is 5.09. The summed E-state index contributed by atoms with van der Waals surface area (Å²) in [7, 11) is 0. The number of pyridine rings is 1. The van der Waals surface area contributed by atoms with E-state index in [-0.39, 0.29) is 25.3 Å². The summed E-state index contributed by atoms with van der Waals surface area (Å²) in [6, 6.07) is 3.51. The first-order chi connectivity index (χ1) is 8.09. The Morgan fingerprint density at radius 2 is 2.24 bits per heavy atom. The quantitative estimate of drug-likeness (QED) is 0.625. The van der Waals surface area contributed by atoms with Crippen molar-refractivity contribution in [3.63, 3.8) is 0 Å². The van der Waals surface area contributed by atoms with Crippen molar-refractivity contribution in [3.8, 4) is 0 Å². The lowest BCUT2D eigenvalue weighted by Gasteiger charge is -2.07. The summed E-state index contributed by atoms with van der Waals surface area (Å²) in [5.41, 5.74) is 0.781. The van der Waals surface area contributed by atoms with E-state index in [1.807, 2.05) is 0 Å². The fourth-order valence-corrected chi connectivity index (χ4v) is 1.22. The van der Waals surface area contributed by atoms with E-state index in [1.165, 1.54) is 0 Å². The highest BCUT2D eigenvalue weighted by molar-refractivity contribution is 5.78. The summed E-state index contributed by atoms with van der Waals surface area (Å²) in [5, 5.41) is 19.9. The SMILES string of the molecule is O=C(Cc1cccnc1)NCC[C@H](O)C(=O)O. The van der Waals surface area contributed by atoms with Crippen LogP contribution >= 0.6 is 0 Å². The van der Waals surface area contributed by atoms with Gasteiger partial charge in [0.2, 0.25) is 5.91 Å². The van der Waals surface area contributed by atoms with E-state index in [2.05, 4.69) is 10.3 Å². The zero-order valence-electron chi connectivity index (χ0n) is 9.17. The van der Waals surface area contributed by atoms with Crippen LogP contribution in [0, 0.1) is 0 Å². The minimum absolute atomic E-state index is 0.00584. The van der Waals surface area contributed by atoms with Crippen LogP contribution in [0.3, 0.4) is 0 Å². The largest absolute Gasteiger partial charge is 0.479 e. The number of nitrogens with zero attached hydrogens (tertiary/aromatic N) is 1. The molecule has 6 heteroatoms. The first-order valence-corrected chi connectivity index (χ1v) is 5.16. The van der Waals surface area contributed by atoms with Crippen molar-refractivity contribution >= 4 is 11.9 Å². The number of hydrogen-bond donors (Lipinski definition) is 3. The Balaban J connectivity index is 2.25. The summed E-state index contributed by atoms with van der Waals surface area (Å²) >= 11 is 0. The highest BCUT2D eigenvalue weighted by Gasteiger charge is 2.12. The smallest absolute Gasteiger partial charge is 0.332 e. The Morgan fingerprint density at radius 1 is 1.47 bits per heavy atom. The highest BCUT2D eigenvalue weighted by Crippen LogP contribution is 1.97. The number of hydrogen-bond acceptors (Lipinski definition) is 4. The van der Waals surface area contributed by atoms with Gasteiger partial charge in [0.25, 0.3) is 0 Å². The van der Waals surface area contributed by atoms with E-state index < -0.39 is 12.1 Å². The van der Waals surface area contributed by atoms with Crippen molar-refractivity contribution in [1.29, 1.82) is 0 Å². The molecule has 0 radical (unpaired) electrons. The molecule has 0 aliphatic carbocycles. The molecule has 17 heavy (non-hydrogen) atoms. The van der Waals surface area contributed by atoms with Gasteiger partial charge in [-0.15, -0.1) is 0 Å². The Morgan fingerprint density at radius 3 is 2.82 bits per heavy atom. The van der Waals surface area contributed by atoms with Crippen LogP contribution in [0.2, 0.25) is 0 Å². The van der Waals surface area contributed by atoms with E-state index in [0.717, 1.165) is 5.56 Å². The number of amides is 1. The van der Waals surface area contributed by atoms with Crippen LogP contribution in [-0.2, 0) is 16.0 Å². The number of carbonyl (C=O) groups is 2. The zero-order valence-corrected chi connectivity index (χ0v) is 9.17. The molecule has 6 nitrogen and oxygen atoms in total. The molecule has 1 heterocycles. The maximum absolute atomic E-state index is 11.4. The molecule has 0 aromatic carbocycles. The summed E-state index contributed by atoms with van der Waals surface area (Å²) in [6.07, 6.45) is 1.95. The van der Waals surface area contributed by atoms with E-state index in [0.29, 0.717) is 0 Å². The molecule has 1 amide bonds. The van der Waals surface area contributed by atoms with Crippen LogP contribution in [0.5, 0.6) is 0 Å². The van der Waals surface area contributed by atoms with Crippen molar-refractivity contribution < 1.29 is 19.8 Å². The van der Waals surface area contributed by atoms with Crippen LogP contribution in [0.1, 0.15) is 12.0 Å². The predicted molar refractivity (Wildman–Crippen MR) is 59.2 cm³/mol. The second-order valence-electron chi connectivity index (χ2n) is 3.53. The van der Waals surface area contributed by atoms with Gasteiger partial charge in [0.1, 0.15) is 0 Å². The zero-order chi connectivity index (χ0) is 12.7. The van der Waals surface area contributed by atoms with Gasteiger partial charge in [0, 0.05) is 25.4 Å². The normalized spacial score (nSPS) is 11.8. The third-order valence-corrected chi connectivity index (χ3v) is 2.11. The molecular formula is C11H14N2O4. The number of rotatable bonds is 6. The van der Waals surface area contributed by atoms with Crippen molar-refractivity contribution in [2.24, 2.45) is 0 Å². The van der Waals surface area contributed by atoms with Gasteiger partial charge in [0.15, 0.2) is 6.10 Å². The lowest BCUT2D eigenvalue weighted by atomic mass is 10.2. The van der Waals surface area contributed by atoms with Crippen LogP contribution < -0.4 is 5.32 Å². The molecule has 0 unspecified atom stereocenters. The summed E-state index contributed by atoms with van der Waals surface area (Å²) in [4.78, 5) is 25.6. The molecule has 3 N–H and O–H groups in total. The first kappa shape index (κ1) is 13.1. The van der Waals surface area contributed by atoms with Gasteiger partial charge in [-0.3, -0.25) is 9.78 Å². The molecule has 1 aromatic rings. The van der Waals surface area contributed by atoms with E-state index in [4.69, 9.17) is 10.2 Å². The molecule has 1 rings (SSSR count). The summed E-state index contributed by atoms with van der Waals surface area (Å²) in [6.45, 7) is 0.132. The maximum atomic E-state index is 11.4. The van der Waals surface area contributed by atoms with E-state index in [9.17, 15) is 9.59 Å². The number of carboxylic acid groups (broad SMARTS) is 1. The van der Waals surface area contributed by atoms with Gasteiger partial charge in [-0.2, -0.15) is 0 Å².